The zero-order valence-electron chi connectivity index (χ0n) is 10.2. The van der Waals surface area contributed by atoms with E-state index in [4.69, 9.17) is 11.6 Å². The highest BCUT2D eigenvalue weighted by molar-refractivity contribution is 6.16. The Morgan fingerprint density at radius 1 is 1.18 bits per heavy atom. The molecule has 0 bridgehead atoms. The lowest BCUT2D eigenvalue weighted by atomic mass is 9.81. The van der Waals surface area contributed by atoms with Gasteiger partial charge in [0.1, 0.15) is 5.69 Å². The highest BCUT2D eigenvalue weighted by atomic mass is 35.5. The smallest absolute Gasteiger partial charge is 0.101 e. The van der Waals surface area contributed by atoms with Gasteiger partial charge in [0, 0.05) is 12.5 Å². The van der Waals surface area contributed by atoms with Crippen molar-refractivity contribution >= 4 is 11.6 Å². The van der Waals surface area contributed by atoms with Gasteiger partial charge in [0.15, 0.2) is 0 Å². The fourth-order valence-electron chi connectivity index (χ4n) is 2.83. The summed E-state index contributed by atoms with van der Waals surface area (Å²) >= 11 is 5.96. The Morgan fingerprint density at radius 2 is 1.94 bits per heavy atom. The second-order valence-electron chi connectivity index (χ2n) is 5.49. The van der Waals surface area contributed by atoms with Crippen LogP contribution in [0.25, 0.3) is 0 Å². The van der Waals surface area contributed by atoms with Gasteiger partial charge in [0.25, 0.3) is 0 Å². The molecule has 0 amide bonds. The van der Waals surface area contributed by atoms with Crippen molar-refractivity contribution in [3.8, 4) is 0 Å². The second-order valence-corrected chi connectivity index (χ2v) is 5.76. The van der Waals surface area contributed by atoms with Crippen LogP contribution in [0.4, 0.5) is 0 Å². The van der Waals surface area contributed by atoms with Gasteiger partial charge in [0.2, 0.25) is 0 Å². The molecule has 2 aliphatic carbocycles. The summed E-state index contributed by atoms with van der Waals surface area (Å²) in [6.45, 7) is 1.04. The van der Waals surface area contributed by atoms with E-state index in [2.05, 4.69) is 15.0 Å². The molecule has 94 valence electrons. The fourth-order valence-corrected chi connectivity index (χ4v) is 3.02. The number of hydrogen-bond donors (Lipinski definition) is 0. The molecule has 17 heavy (non-hydrogen) atoms. The van der Waals surface area contributed by atoms with E-state index in [1.165, 1.54) is 50.6 Å². The van der Waals surface area contributed by atoms with Crippen molar-refractivity contribution in [3.05, 3.63) is 11.4 Å². The van der Waals surface area contributed by atoms with E-state index < -0.39 is 0 Å². The number of hydrogen-bond acceptors (Lipinski definition) is 2. The van der Waals surface area contributed by atoms with Gasteiger partial charge in [0.05, 0.1) is 11.6 Å². The van der Waals surface area contributed by atoms with Gasteiger partial charge in [-0.2, -0.15) is 0 Å². The Labute approximate surface area is 108 Å². The zero-order chi connectivity index (χ0) is 11.7. The van der Waals surface area contributed by atoms with E-state index in [9.17, 15) is 0 Å². The third-order valence-electron chi connectivity index (χ3n) is 4.44. The Morgan fingerprint density at radius 3 is 2.47 bits per heavy atom. The normalized spacial score (nSPS) is 21.2. The van der Waals surface area contributed by atoms with Gasteiger partial charge in [-0.1, -0.05) is 30.9 Å². The largest absolute Gasteiger partial charge is 0.249 e. The van der Waals surface area contributed by atoms with Crippen molar-refractivity contribution in [2.24, 2.45) is 5.92 Å². The molecule has 0 radical (unpaired) electrons. The molecule has 0 aliphatic heterocycles. The Kier molecular flexibility index (Phi) is 3.37. The average Bonchev–Trinajstić information content (AvgIpc) is 2.57. The SMILES string of the molecule is ClCc1nnn(CCC2CCC2)c1C1CCC1. The van der Waals surface area contributed by atoms with Crippen LogP contribution < -0.4 is 0 Å². The zero-order valence-corrected chi connectivity index (χ0v) is 11.0. The summed E-state index contributed by atoms with van der Waals surface area (Å²) in [7, 11) is 0. The first kappa shape index (κ1) is 11.5. The highest BCUT2D eigenvalue weighted by Gasteiger charge is 2.27. The van der Waals surface area contributed by atoms with Gasteiger partial charge in [-0.05, 0) is 25.2 Å². The van der Waals surface area contributed by atoms with Crippen LogP contribution in [0.1, 0.15) is 62.3 Å². The van der Waals surface area contributed by atoms with E-state index in [1.54, 1.807) is 0 Å². The van der Waals surface area contributed by atoms with Gasteiger partial charge >= 0.3 is 0 Å². The Hall–Kier alpha value is -0.570. The van der Waals surface area contributed by atoms with E-state index in [1.807, 2.05) is 0 Å². The molecule has 3 rings (SSSR count). The van der Waals surface area contributed by atoms with Crippen molar-refractivity contribution in [1.82, 2.24) is 15.0 Å². The molecular weight excluding hydrogens is 234 g/mol. The average molecular weight is 254 g/mol. The standard InChI is InChI=1S/C13H20ClN3/c14-9-12-13(11-5-2-6-11)17(16-15-12)8-7-10-3-1-4-10/h10-11H,1-9H2. The van der Waals surface area contributed by atoms with E-state index in [0.717, 1.165) is 18.2 Å². The van der Waals surface area contributed by atoms with Crippen LogP contribution in [-0.4, -0.2) is 15.0 Å². The highest BCUT2D eigenvalue weighted by Crippen LogP contribution is 2.38. The molecule has 1 aromatic heterocycles. The summed E-state index contributed by atoms with van der Waals surface area (Å²) in [5, 5.41) is 8.54. The van der Waals surface area contributed by atoms with E-state index in [-0.39, 0.29) is 0 Å². The van der Waals surface area contributed by atoms with Crippen LogP contribution >= 0.6 is 11.6 Å². The van der Waals surface area contributed by atoms with Crippen LogP contribution in [-0.2, 0) is 12.4 Å². The van der Waals surface area contributed by atoms with Crippen LogP contribution in [0.5, 0.6) is 0 Å². The number of alkyl halides is 1. The lowest BCUT2D eigenvalue weighted by molar-refractivity contribution is 0.271. The predicted octanol–water partition coefficient (Wildman–Crippen LogP) is 3.47. The fraction of sp³-hybridized carbons (Fsp3) is 0.846. The summed E-state index contributed by atoms with van der Waals surface area (Å²) in [4.78, 5) is 0. The molecule has 2 aliphatic rings. The van der Waals surface area contributed by atoms with Gasteiger partial charge in [-0.15, -0.1) is 16.7 Å². The molecule has 1 aromatic rings. The number of halogens is 1. The third-order valence-corrected chi connectivity index (χ3v) is 4.69. The lowest BCUT2D eigenvalue weighted by Gasteiger charge is -2.28. The molecule has 0 aromatic carbocycles. The summed E-state index contributed by atoms with van der Waals surface area (Å²) < 4.78 is 2.14. The van der Waals surface area contributed by atoms with Crippen molar-refractivity contribution in [2.75, 3.05) is 0 Å². The number of aromatic nitrogens is 3. The monoisotopic (exact) mass is 253 g/mol. The number of aryl methyl sites for hydroxylation is 1. The molecule has 4 heteroatoms. The maximum Gasteiger partial charge on any atom is 0.101 e. The van der Waals surface area contributed by atoms with Crippen molar-refractivity contribution < 1.29 is 0 Å². The van der Waals surface area contributed by atoms with E-state index in [0.29, 0.717) is 11.8 Å². The molecule has 0 unspecified atom stereocenters. The maximum absolute atomic E-state index is 5.96. The summed E-state index contributed by atoms with van der Waals surface area (Å²) in [5.74, 6) is 2.13. The summed E-state index contributed by atoms with van der Waals surface area (Å²) in [6, 6.07) is 0. The first-order chi connectivity index (χ1) is 8.38. The second kappa shape index (κ2) is 4.97. The van der Waals surface area contributed by atoms with Crippen molar-refractivity contribution in [3.63, 3.8) is 0 Å². The molecule has 0 N–H and O–H groups in total. The topological polar surface area (TPSA) is 30.7 Å². The minimum Gasteiger partial charge on any atom is -0.249 e. The Balaban J connectivity index is 1.70. The van der Waals surface area contributed by atoms with Crippen LogP contribution in [0, 0.1) is 5.92 Å². The van der Waals surface area contributed by atoms with E-state index >= 15 is 0 Å². The van der Waals surface area contributed by atoms with Gasteiger partial charge in [-0.3, -0.25) is 0 Å². The molecule has 0 saturated heterocycles. The molecule has 0 atom stereocenters. The first-order valence-electron chi connectivity index (χ1n) is 6.86. The lowest BCUT2D eigenvalue weighted by Crippen LogP contribution is -2.19. The third kappa shape index (κ3) is 2.22. The van der Waals surface area contributed by atoms with Crippen molar-refractivity contribution in [2.45, 2.75) is 63.3 Å². The molecule has 3 nitrogen and oxygen atoms in total. The number of rotatable bonds is 5. The first-order valence-corrected chi connectivity index (χ1v) is 7.40. The van der Waals surface area contributed by atoms with Crippen molar-refractivity contribution in [1.29, 1.82) is 0 Å². The van der Waals surface area contributed by atoms with Crippen LogP contribution in [0.15, 0.2) is 0 Å². The molecule has 2 saturated carbocycles. The summed E-state index contributed by atoms with van der Waals surface area (Å²) in [6.07, 6.45) is 9.45. The minimum absolute atomic E-state index is 0.509. The predicted molar refractivity (Wildman–Crippen MR) is 68.1 cm³/mol. The summed E-state index contributed by atoms with van der Waals surface area (Å²) in [5.41, 5.74) is 2.36. The molecule has 1 heterocycles. The number of nitrogens with zero attached hydrogens (tertiary/aromatic N) is 3. The Bertz CT molecular complexity index is 380. The molecule has 0 spiro atoms. The van der Waals surface area contributed by atoms with Crippen LogP contribution in [0.3, 0.4) is 0 Å². The minimum atomic E-state index is 0.509. The van der Waals surface area contributed by atoms with Gasteiger partial charge < -0.3 is 0 Å². The van der Waals surface area contributed by atoms with Gasteiger partial charge in [-0.25, -0.2) is 4.68 Å². The quantitative estimate of drug-likeness (QED) is 0.753. The molecular formula is C13H20ClN3. The van der Waals surface area contributed by atoms with Crippen LogP contribution in [0.2, 0.25) is 0 Å². The maximum atomic E-state index is 5.96. The molecule has 2 fully saturated rings.